The fourth-order valence-electron chi connectivity index (χ4n) is 3.41. The molecule has 2 aliphatic rings. The van der Waals surface area contributed by atoms with E-state index in [1.807, 2.05) is 12.1 Å². The molecule has 2 aromatic carbocycles. The van der Waals surface area contributed by atoms with Crippen LogP contribution in [0.5, 0.6) is 0 Å². The number of hydrogen-bond acceptors (Lipinski definition) is 4. The lowest BCUT2D eigenvalue weighted by atomic mass is 9.96. The predicted octanol–water partition coefficient (Wildman–Crippen LogP) is 2.77. The summed E-state index contributed by atoms with van der Waals surface area (Å²) in [5.41, 5.74) is 10.2. The van der Waals surface area contributed by atoms with Crippen LogP contribution in [0.15, 0.2) is 48.5 Å². The molecule has 0 spiro atoms. The highest BCUT2D eigenvalue weighted by molar-refractivity contribution is 5.29. The SMILES string of the molecule is Fc1ccc(C2CC(c3ccc(C4CNCCO4)cc3)NN2)cc1. The van der Waals surface area contributed by atoms with Gasteiger partial charge in [0.1, 0.15) is 5.82 Å². The maximum absolute atomic E-state index is 13.1. The summed E-state index contributed by atoms with van der Waals surface area (Å²) in [5.74, 6) is -0.198. The molecule has 0 amide bonds. The fraction of sp³-hybridized carbons (Fsp3) is 0.368. The van der Waals surface area contributed by atoms with Gasteiger partial charge in [-0.15, -0.1) is 0 Å². The molecule has 2 aliphatic heterocycles. The molecule has 0 aromatic heterocycles. The zero-order valence-electron chi connectivity index (χ0n) is 13.5. The summed E-state index contributed by atoms with van der Waals surface area (Å²) in [6.07, 6.45) is 1.08. The van der Waals surface area contributed by atoms with Crippen molar-refractivity contribution in [2.45, 2.75) is 24.6 Å². The van der Waals surface area contributed by atoms with Crippen LogP contribution in [-0.2, 0) is 4.74 Å². The van der Waals surface area contributed by atoms with Crippen LogP contribution in [0.1, 0.15) is 41.3 Å². The van der Waals surface area contributed by atoms with E-state index in [0.29, 0.717) is 0 Å². The van der Waals surface area contributed by atoms with Crippen molar-refractivity contribution in [3.8, 4) is 0 Å². The summed E-state index contributed by atoms with van der Waals surface area (Å²) < 4.78 is 18.8. The van der Waals surface area contributed by atoms with Gasteiger partial charge in [0.2, 0.25) is 0 Å². The van der Waals surface area contributed by atoms with Crippen LogP contribution in [0.25, 0.3) is 0 Å². The molecule has 126 valence electrons. The molecule has 3 atom stereocenters. The highest BCUT2D eigenvalue weighted by atomic mass is 19.1. The third-order valence-corrected chi connectivity index (χ3v) is 4.81. The van der Waals surface area contributed by atoms with E-state index < -0.39 is 0 Å². The van der Waals surface area contributed by atoms with Crippen molar-refractivity contribution >= 4 is 0 Å². The normalized spacial score (nSPS) is 27.3. The topological polar surface area (TPSA) is 45.3 Å². The van der Waals surface area contributed by atoms with Gasteiger partial charge in [0.05, 0.1) is 12.7 Å². The van der Waals surface area contributed by atoms with E-state index >= 15 is 0 Å². The number of nitrogens with one attached hydrogen (secondary N) is 3. The average molecular weight is 327 g/mol. The summed E-state index contributed by atoms with van der Waals surface area (Å²) in [7, 11) is 0. The number of hydrogen-bond donors (Lipinski definition) is 3. The molecular weight excluding hydrogens is 305 g/mol. The van der Waals surface area contributed by atoms with Gasteiger partial charge in [-0.05, 0) is 35.2 Å². The van der Waals surface area contributed by atoms with Crippen molar-refractivity contribution in [1.82, 2.24) is 16.2 Å². The Balaban J connectivity index is 1.42. The molecule has 2 saturated heterocycles. The van der Waals surface area contributed by atoms with Crippen LogP contribution in [0, 0.1) is 5.82 Å². The minimum Gasteiger partial charge on any atom is -0.371 e. The molecule has 4 rings (SSSR count). The Labute approximate surface area is 141 Å². The van der Waals surface area contributed by atoms with E-state index in [1.54, 1.807) is 0 Å². The summed E-state index contributed by atoms with van der Waals surface area (Å²) in [6, 6.07) is 15.8. The van der Waals surface area contributed by atoms with Crippen molar-refractivity contribution in [1.29, 1.82) is 0 Å². The Morgan fingerprint density at radius 3 is 2.00 bits per heavy atom. The summed E-state index contributed by atoms with van der Waals surface area (Å²) >= 11 is 0. The van der Waals surface area contributed by atoms with Crippen molar-refractivity contribution < 1.29 is 9.13 Å². The Kier molecular flexibility index (Phi) is 4.58. The van der Waals surface area contributed by atoms with Crippen LogP contribution in [0.4, 0.5) is 4.39 Å². The molecule has 0 aliphatic carbocycles. The lowest BCUT2D eigenvalue weighted by Crippen LogP contribution is -2.33. The quantitative estimate of drug-likeness (QED) is 0.811. The van der Waals surface area contributed by atoms with Crippen LogP contribution in [0.3, 0.4) is 0 Å². The lowest BCUT2D eigenvalue weighted by molar-refractivity contribution is 0.0277. The molecule has 0 bridgehead atoms. The molecule has 4 nitrogen and oxygen atoms in total. The second kappa shape index (κ2) is 6.99. The number of hydrazine groups is 1. The largest absolute Gasteiger partial charge is 0.371 e. The second-order valence-electron chi connectivity index (χ2n) is 6.41. The predicted molar refractivity (Wildman–Crippen MR) is 90.8 cm³/mol. The Morgan fingerprint density at radius 1 is 0.833 bits per heavy atom. The third kappa shape index (κ3) is 3.35. The number of halogens is 1. The molecule has 24 heavy (non-hydrogen) atoms. The van der Waals surface area contributed by atoms with Gasteiger partial charge in [-0.2, -0.15) is 0 Å². The second-order valence-corrected chi connectivity index (χ2v) is 6.41. The molecule has 3 N–H and O–H groups in total. The third-order valence-electron chi connectivity index (χ3n) is 4.81. The summed E-state index contributed by atoms with van der Waals surface area (Å²) in [5, 5.41) is 3.36. The van der Waals surface area contributed by atoms with Crippen LogP contribution < -0.4 is 16.2 Å². The van der Waals surface area contributed by atoms with Crippen molar-refractivity contribution in [3.63, 3.8) is 0 Å². The van der Waals surface area contributed by atoms with Gasteiger partial charge in [0.15, 0.2) is 0 Å². The molecule has 0 radical (unpaired) electrons. The van der Waals surface area contributed by atoms with E-state index in [0.717, 1.165) is 31.7 Å². The Bertz CT molecular complexity index is 668. The smallest absolute Gasteiger partial charge is 0.123 e. The van der Waals surface area contributed by atoms with E-state index in [1.165, 1.54) is 23.3 Å². The molecule has 5 heteroatoms. The Hall–Kier alpha value is -1.79. The van der Waals surface area contributed by atoms with E-state index in [4.69, 9.17) is 4.74 Å². The van der Waals surface area contributed by atoms with Crippen LogP contribution >= 0.6 is 0 Å². The number of ether oxygens (including phenoxy) is 1. The first-order chi connectivity index (χ1) is 11.8. The summed E-state index contributed by atoms with van der Waals surface area (Å²) in [4.78, 5) is 0. The monoisotopic (exact) mass is 327 g/mol. The first-order valence-corrected chi connectivity index (χ1v) is 8.48. The van der Waals surface area contributed by atoms with E-state index in [-0.39, 0.29) is 24.0 Å². The summed E-state index contributed by atoms with van der Waals surface area (Å²) in [6.45, 7) is 2.56. The Morgan fingerprint density at radius 2 is 1.42 bits per heavy atom. The van der Waals surface area contributed by atoms with Gasteiger partial charge in [-0.25, -0.2) is 15.2 Å². The maximum atomic E-state index is 13.1. The highest BCUT2D eigenvalue weighted by Gasteiger charge is 2.26. The van der Waals surface area contributed by atoms with Crippen molar-refractivity contribution in [2.24, 2.45) is 0 Å². The number of morpholine rings is 1. The van der Waals surface area contributed by atoms with Gasteiger partial charge in [0, 0.05) is 25.2 Å². The molecule has 2 aromatic rings. The minimum atomic E-state index is -0.198. The van der Waals surface area contributed by atoms with E-state index in [2.05, 4.69) is 40.4 Å². The van der Waals surface area contributed by atoms with Crippen LogP contribution in [0.2, 0.25) is 0 Å². The zero-order chi connectivity index (χ0) is 16.4. The van der Waals surface area contributed by atoms with Gasteiger partial charge in [-0.3, -0.25) is 0 Å². The van der Waals surface area contributed by atoms with Gasteiger partial charge >= 0.3 is 0 Å². The minimum absolute atomic E-state index is 0.148. The fourth-order valence-corrected chi connectivity index (χ4v) is 3.41. The van der Waals surface area contributed by atoms with Gasteiger partial charge < -0.3 is 10.1 Å². The molecule has 2 fully saturated rings. The van der Waals surface area contributed by atoms with Gasteiger partial charge in [-0.1, -0.05) is 36.4 Å². The highest BCUT2D eigenvalue weighted by Crippen LogP contribution is 2.31. The standard InChI is InChI=1S/C19H22FN3O/c20-16-7-5-14(6-8-16)18-11-17(22-23-18)13-1-3-15(4-2-13)19-12-21-9-10-24-19/h1-8,17-19,21-23H,9-12H2. The van der Waals surface area contributed by atoms with Crippen LogP contribution in [-0.4, -0.2) is 19.7 Å². The molecular formula is C19H22FN3O. The zero-order valence-corrected chi connectivity index (χ0v) is 13.5. The number of benzene rings is 2. The van der Waals surface area contributed by atoms with Crippen molar-refractivity contribution in [2.75, 3.05) is 19.7 Å². The average Bonchev–Trinajstić information content (AvgIpc) is 3.13. The molecule has 2 heterocycles. The maximum Gasteiger partial charge on any atom is 0.123 e. The molecule has 0 saturated carbocycles. The van der Waals surface area contributed by atoms with Crippen molar-refractivity contribution in [3.05, 3.63) is 71.0 Å². The first-order valence-electron chi connectivity index (χ1n) is 8.48. The van der Waals surface area contributed by atoms with E-state index in [9.17, 15) is 4.39 Å². The molecule has 3 unspecified atom stereocenters. The lowest BCUT2D eigenvalue weighted by Gasteiger charge is -2.24. The van der Waals surface area contributed by atoms with Gasteiger partial charge in [0.25, 0.3) is 0 Å². The number of rotatable bonds is 3. The first kappa shape index (κ1) is 15.7.